The second-order valence-corrected chi connectivity index (χ2v) is 6.45. The van der Waals surface area contributed by atoms with Gasteiger partial charge in [0, 0.05) is 12.5 Å². The van der Waals surface area contributed by atoms with Crippen LogP contribution in [0.3, 0.4) is 0 Å². The van der Waals surface area contributed by atoms with Crippen LogP contribution in [0.1, 0.15) is 43.2 Å². The highest BCUT2D eigenvalue weighted by molar-refractivity contribution is 5.43. The van der Waals surface area contributed by atoms with E-state index in [2.05, 4.69) is 36.4 Å². The molecule has 2 aromatic carbocycles. The van der Waals surface area contributed by atoms with Crippen molar-refractivity contribution >= 4 is 0 Å². The molecule has 0 atom stereocenters. The summed E-state index contributed by atoms with van der Waals surface area (Å²) < 4.78 is 15.8. The predicted molar refractivity (Wildman–Crippen MR) is 95.8 cm³/mol. The van der Waals surface area contributed by atoms with Crippen molar-refractivity contribution in [1.29, 1.82) is 0 Å². The Morgan fingerprint density at radius 3 is 1.79 bits per heavy atom. The van der Waals surface area contributed by atoms with Crippen LogP contribution >= 0.6 is 0 Å². The molecule has 0 bridgehead atoms. The van der Waals surface area contributed by atoms with Crippen LogP contribution in [0.4, 0.5) is 0 Å². The molecule has 0 aliphatic heterocycles. The lowest BCUT2D eigenvalue weighted by Crippen LogP contribution is -2.30. The Morgan fingerprint density at radius 2 is 1.29 bits per heavy atom. The Hall–Kier alpha value is -2.00. The van der Waals surface area contributed by atoms with Gasteiger partial charge in [-0.05, 0) is 48.2 Å². The first-order valence-electron chi connectivity index (χ1n) is 8.65. The van der Waals surface area contributed by atoms with Crippen molar-refractivity contribution in [2.24, 2.45) is 0 Å². The Kier molecular flexibility index (Phi) is 5.41. The summed E-state index contributed by atoms with van der Waals surface area (Å²) in [4.78, 5) is 0. The van der Waals surface area contributed by atoms with E-state index in [1.807, 2.05) is 12.1 Å². The number of ether oxygens (including phenoxy) is 3. The molecule has 1 aliphatic rings. The average Bonchev–Trinajstić information content (AvgIpc) is 2.67. The fourth-order valence-electron chi connectivity index (χ4n) is 3.81. The number of hydrogen-bond donors (Lipinski definition) is 0. The van der Waals surface area contributed by atoms with E-state index in [1.54, 1.807) is 14.2 Å². The summed E-state index contributed by atoms with van der Waals surface area (Å²) in [7, 11) is 3.35. The van der Waals surface area contributed by atoms with Crippen LogP contribution in [0.25, 0.3) is 0 Å². The van der Waals surface area contributed by atoms with Crippen LogP contribution in [-0.4, -0.2) is 21.0 Å². The highest BCUT2D eigenvalue weighted by Gasteiger charge is 2.35. The summed E-state index contributed by atoms with van der Waals surface area (Å²) in [6, 6.07) is 17.1. The molecule has 3 nitrogen and oxygen atoms in total. The summed E-state index contributed by atoms with van der Waals surface area (Å²) in [5.74, 6) is 1.76. The monoisotopic (exact) mass is 326 g/mol. The van der Waals surface area contributed by atoms with Crippen LogP contribution in [0.5, 0.6) is 11.5 Å². The van der Waals surface area contributed by atoms with Gasteiger partial charge in [0.05, 0.1) is 7.11 Å². The van der Waals surface area contributed by atoms with E-state index in [0.717, 1.165) is 11.5 Å². The quantitative estimate of drug-likeness (QED) is 0.705. The van der Waals surface area contributed by atoms with Crippen molar-refractivity contribution in [3.63, 3.8) is 0 Å². The van der Waals surface area contributed by atoms with Crippen LogP contribution < -0.4 is 9.47 Å². The molecular formula is C21H26O3. The Labute approximate surface area is 144 Å². The maximum atomic E-state index is 5.53. The largest absolute Gasteiger partial charge is 0.497 e. The standard InChI is InChI=1S/C21H26O3/c1-22-16-24-20-12-8-18(9-13-20)21(14-4-3-5-15-21)17-6-10-19(23-2)11-7-17/h6-13H,3-5,14-16H2,1-2H3. The highest BCUT2D eigenvalue weighted by Crippen LogP contribution is 2.45. The van der Waals surface area contributed by atoms with Gasteiger partial charge in [-0.15, -0.1) is 0 Å². The summed E-state index contributed by atoms with van der Waals surface area (Å²) >= 11 is 0. The summed E-state index contributed by atoms with van der Waals surface area (Å²) in [5.41, 5.74) is 2.86. The van der Waals surface area contributed by atoms with Gasteiger partial charge < -0.3 is 14.2 Å². The van der Waals surface area contributed by atoms with Gasteiger partial charge >= 0.3 is 0 Å². The third-order valence-electron chi connectivity index (χ3n) is 5.10. The molecule has 0 aromatic heterocycles. The molecule has 2 aromatic rings. The minimum Gasteiger partial charge on any atom is -0.497 e. The third-order valence-corrected chi connectivity index (χ3v) is 5.10. The molecule has 24 heavy (non-hydrogen) atoms. The van der Waals surface area contributed by atoms with Gasteiger partial charge in [-0.1, -0.05) is 43.5 Å². The molecule has 0 amide bonds. The molecule has 1 fully saturated rings. The molecule has 128 valence electrons. The van der Waals surface area contributed by atoms with E-state index >= 15 is 0 Å². The van der Waals surface area contributed by atoms with Crippen LogP contribution in [-0.2, 0) is 10.2 Å². The molecule has 0 radical (unpaired) electrons. The van der Waals surface area contributed by atoms with Gasteiger partial charge in [0.25, 0.3) is 0 Å². The molecule has 0 saturated heterocycles. The maximum Gasteiger partial charge on any atom is 0.188 e. The number of rotatable bonds is 6. The van der Waals surface area contributed by atoms with Crippen molar-refractivity contribution in [3.8, 4) is 11.5 Å². The summed E-state index contributed by atoms with van der Waals surface area (Å²) in [5, 5.41) is 0. The maximum absolute atomic E-state index is 5.53. The van der Waals surface area contributed by atoms with Gasteiger partial charge in [0.1, 0.15) is 11.5 Å². The molecule has 0 N–H and O–H groups in total. The molecule has 1 aliphatic carbocycles. The average molecular weight is 326 g/mol. The number of benzene rings is 2. The zero-order chi connectivity index (χ0) is 16.8. The van der Waals surface area contributed by atoms with Crippen LogP contribution in [0, 0.1) is 0 Å². The number of methoxy groups -OCH3 is 2. The zero-order valence-electron chi connectivity index (χ0n) is 14.6. The topological polar surface area (TPSA) is 27.7 Å². The normalized spacial score (nSPS) is 16.6. The number of hydrogen-bond acceptors (Lipinski definition) is 3. The first kappa shape index (κ1) is 16.8. The van der Waals surface area contributed by atoms with Crippen molar-refractivity contribution in [1.82, 2.24) is 0 Å². The van der Waals surface area contributed by atoms with Crippen molar-refractivity contribution in [2.45, 2.75) is 37.5 Å². The summed E-state index contributed by atoms with van der Waals surface area (Å²) in [6.45, 7) is 0.281. The van der Waals surface area contributed by atoms with Gasteiger partial charge in [-0.25, -0.2) is 0 Å². The van der Waals surface area contributed by atoms with Crippen molar-refractivity contribution in [3.05, 3.63) is 59.7 Å². The molecule has 1 saturated carbocycles. The van der Waals surface area contributed by atoms with E-state index in [-0.39, 0.29) is 12.2 Å². The van der Waals surface area contributed by atoms with Crippen molar-refractivity contribution in [2.75, 3.05) is 21.0 Å². The smallest absolute Gasteiger partial charge is 0.188 e. The van der Waals surface area contributed by atoms with E-state index in [4.69, 9.17) is 14.2 Å². The molecule has 0 unspecified atom stereocenters. The second kappa shape index (κ2) is 7.71. The first-order valence-corrected chi connectivity index (χ1v) is 8.65. The second-order valence-electron chi connectivity index (χ2n) is 6.45. The minimum absolute atomic E-state index is 0.101. The predicted octanol–water partition coefficient (Wildman–Crippen LogP) is 4.93. The van der Waals surface area contributed by atoms with Crippen molar-refractivity contribution < 1.29 is 14.2 Å². The first-order chi connectivity index (χ1) is 11.8. The van der Waals surface area contributed by atoms with E-state index in [1.165, 1.54) is 43.2 Å². The lowest BCUT2D eigenvalue weighted by Gasteiger charge is -2.38. The minimum atomic E-state index is 0.101. The molecule has 0 heterocycles. The van der Waals surface area contributed by atoms with Crippen LogP contribution in [0.15, 0.2) is 48.5 Å². The fraction of sp³-hybridized carbons (Fsp3) is 0.429. The molecule has 3 heteroatoms. The zero-order valence-corrected chi connectivity index (χ0v) is 14.6. The van der Waals surface area contributed by atoms with E-state index < -0.39 is 0 Å². The fourth-order valence-corrected chi connectivity index (χ4v) is 3.81. The van der Waals surface area contributed by atoms with Crippen LogP contribution in [0.2, 0.25) is 0 Å². The Morgan fingerprint density at radius 1 is 0.750 bits per heavy atom. The Bertz CT molecular complexity index is 625. The van der Waals surface area contributed by atoms with Gasteiger partial charge in [0.2, 0.25) is 0 Å². The molecule has 0 spiro atoms. The molecule has 3 rings (SSSR count). The highest BCUT2D eigenvalue weighted by atomic mass is 16.7. The van der Waals surface area contributed by atoms with E-state index in [0.29, 0.717) is 0 Å². The summed E-state index contributed by atoms with van der Waals surface area (Å²) in [6.07, 6.45) is 6.25. The van der Waals surface area contributed by atoms with Gasteiger partial charge in [-0.3, -0.25) is 0 Å². The Balaban J connectivity index is 1.92. The third kappa shape index (κ3) is 3.41. The molecular weight excluding hydrogens is 300 g/mol. The lowest BCUT2D eigenvalue weighted by atomic mass is 9.65. The lowest BCUT2D eigenvalue weighted by molar-refractivity contribution is 0.0511. The SMILES string of the molecule is COCOc1ccc(C2(c3ccc(OC)cc3)CCCCC2)cc1. The van der Waals surface area contributed by atoms with E-state index in [9.17, 15) is 0 Å². The van der Waals surface area contributed by atoms with Gasteiger partial charge in [-0.2, -0.15) is 0 Å². The van der Waals surface area contributed by atoms with Gasteiger partial charge in [0.15, 0.2) is 6.79 Å².